The molecule has 1 aliphatic carbocycles. The Labute approximate surface area is 131 Å². The third-order valence-corrected chi connectivity index (χ3v) is 4.93. The number of aliphatic hydroxyl groups is 1. The molecule has 2 fully saturated rings. The standard InChI is InChI=1S/C19H21NO2/c21-14-17-18(16-9-5-2-6-10-16)20(22-19(17)11-12-19)13-15-7-3-1-4-8-15/h1-10,17-18,21H,11-14H2/t17-,18-/m1/s1. The second-order valence-electron chi connectivity index (χ2n) is 6.36. The number of nitrogens with zero attached hydrogens (tertiary/aromatic N) is 1. The molecule has 1 heterocycles. The molecule has 0 unspecified atom stereocenters. The second-order valence-corrected chi connectivity index (χ2v) is 6.36. The molecule has 2 atom stereocenters. The number of benzene rings is 2. The maximum Gasteiger partial charge on any atom is 0.0971 e. The van der Waals surface area contributed by atoms with E-state index < -0.39 is 0 Å². The third-order valence-electron chi connectivity index (χ3n) is 4.93. The highest BCUT2D eigenvalue weighted by atomic mass is 16.7. The number of hydrogen-bond acceptors (Lipinski definition) is 3. The molecule has 1 spiro atoms. The van der Waals surface area contributed by atoms with Gasteiger partial charge in [0.25, 0.3) is 0 Å². The Hall–Kier alpha value is -1.68. The smallest absolute Gasteiger partial charge is 0.0971 e. The van der Waals surface area contributed by atoms with Crippen LogP contribution < -0.4 is 0 Å². The Kier molecular flexibility index (Phi) is 3.49. The molecule has 0 radical (unpaired) electrons. The van der Waals surface area contributed by atoms with Gasteiger partial charge in [-0.2, -0.15) is 5.06 Å². The lowest BCUT2D eigenvalue weighted by molar-refractivity contribution is -0.181. The molecule has 2 aromatic rings. The van der Waals surface area contributed by atoms with Crippen LogP contribution in [0.1, 0.15) is 30.0 Å². The minimum absolute atomic E-state index is 0.119. The van der Waals surface area contributed by atoms with Crippen molar-refractivity contribution in [2.75, 3.05) is 6.61 Å². The van der Waals surface area contributed by atoms with Crippen molar-refractivity contribution >= 4 is 0 Å². The Balaban J connectivity index is 1.66. The van der Waals surface area contributed by atoms with E-state index in [2.05, 4.69) is 53.6 Å². The first-order chi connectivity index (χ1) is 10.8. The van der Waals surface area contributed by atoms with Gasteiger partial charge in [0.15, 0.2) is 0 Å². The van der Waals surface area contributed by atoms with E-state index in [0.717, 1.165) is 19.4 Å². The van der Waals surface area contributed by atoms with Crippen molar-refractivity contribution in [2.45, 2.75) is 31.0 Å². The number of aliphatic hydroxyl groups excluding tert-OH is 1. The van der Waals surface area contributed by atoms with Gasteiger partial charge in [-0.25, -0.2) is 0 Å². The minimum Gasteiger partial charge on any atom is -0.396 e. The summed E-state index contributed by atoms with van der Waals surface area (Å²) in [5, 5.41) is 12.0. The maximum atomic E-state index is 9.95. The highest BCUT2D eigenvalue weighted by molar-refractivity contribution is 5.25. The molecule has 114 valence electrons. The monoisotopic (exact) mass is 295 g/mol. The molecule has 2 aromatic carbocycles. The largest absolute Gasteiger partial charge is 0.396 e. The molecular formula is C19H21NO2. The van der Waals surface area contributed by atoms with Crippen LogP contribution >= 0.6 is 0 Å². The Morgan fingerprint density at radius 3 is 2.23 bits per heavy atom. The van der Waals surface area contributed by atoms with E-state index in [-0.39, 0.29) is 24.2 Å². The first-order valence-corrected chi connectivity index (χ1v) is 7.98. The molecular weight excluding hydrogens is 274 g/mol. The van der Waals surface area contributed by atoms with Crippen LogP contribution in [-0.4, -0.2) is 22.4 Å². The summed E-state index contributed by atoms with van der Waals surface area (Å²) < 4.78 is 0. The van der Waals surface area contributed by atoms with Gasteiger partial charge < -0.3 is 5.11 Å². The topological polar surface area (TPSA) is 32.7 Å². The maximum absolute atomic E-state index is 9.95. The van der Waals surface area contributed by atoms with Crippen molar-refractivity contribution in [1.82, 2.24) is 5.06 Å². The molecule has 1 saturated carbocycles. The van der Waals surface area contributed by atoms with Crippen LogP contribution in [0.4, 0.5) is 0 Å². The SMILES string of the molecule is OC[C@@H]1[C@@H](c2ccccc2)N(Cc2ccccc2)OC12CC2. The summed E-state index contributed by atoms with van der Waals surface area (Å²) in [5.41, 5.74) is 2.32. The third kappa shape index (κ3) is 2.35. The average molecular weight is 295 g/mol. The number of hydroxylamine groups is 2. The zero-order chi connectivity index (χ0) is 15.0. The normalized spacial score (nSPS) is 26.4. The lowest BCUT2D eigenvalue weighted by Gasteiger charge is -2.25. The quantitative estimate of drug-likeness (QED) is 0.939. The van der Waals surface area contributed by atoms with Gasteiger partial charge in [0.05, 0.1) is 18.2 Å². The lowest BCUT2D eigenvalue weighted by atomic mass is 9.88. The van der Waals surface area contributed by atoms with E-state index in [4.69, 9.17) is 4.84 Å². The molecule has 3 heteroatoms. The fourth-order valence-corrected chi connectivity index (χ4v) is 3.64. The summed E-state index contributed by atoms with van der Waals surface area (Å²) in [4.78, 5) is 6.31. The van der Waals surface area contributed by atoms with Gasteiger partial charge in [-0.1, -0.05) is 60.7 Å². The molecule has 4 rings (SSSR count). The van der Waals surface area contributed by atoms with Crippen LogP contribution in [0.15, 0.2) is 60.7 Å². The zero-order valence-electron chi connectivity index (χ0n) is 12.6. The van der Waals surface area contributed by atoms with Gasteiger partial charge in [0.2, 0.25) is 0 Å². The number of hydrogen-bond donors (Lipinski definition) is 1. The first-order valence-electron chi connectivity index (χ1n) is 7.98. The van der Waals surface area contributed by atoms with E-state index in [9.17, 15) is 5.11 Å². The van der Waals surface area contributed by atoms with E-state index in [1.807, 2.05) is 12.1 Å². The molecule has 0 bridgehead atoms. The summed E-state index contributed by atoms with van der Waals surface area (Å²) in [5.74, 6) is 0.151. The molecule has 1 N–H and O–H groups in total. The Morgan fingerprint density at radius 2 is 1.64 bits per heavy atom. The molecule has 1 saturated heterocycles. The van der Waals surface area contributed by atoms with Crippen molar-refractivity contribution in [3.8, 4) is 0 Å². The van der Waals surface area contributed by atoms with E-state index in [0.29, 0.717) is 0 Å². The van der Waals surface area contributed by atoms with Crippen LogP contribution in [0, 0.1) is 5.92 Å². The van der Waals surface area contributed by atoms with Crippen LogP contribution in [0.25, 0.3) is 0 Å². The highest BCUT2D eigenvalue weighted by Gasteiger charge is 2.61. The van der Waals surface area contributed by atoms with Gasteiger partial charge >= 0.3 is 0 Å². The van der Waals surface area contributed by atoms with Crippen molar-refractivity contribution in [3.05, 3.63) is 71.8 Å². The van der Waals surface area contributed by atoms with Crippen molar-refractivity contribution in [3.63, 3.8) is 0 Å². The number of rotatable bonds is 4. The van der Waals surface area contributed by atoms with Crippen LogP contribution in [0.5, 0.6) is 0 Å². The van der Waals surface area contributed by atoms with Crippen molar-refractivity contribution in [1.29, 1.82) is 0 Å². The Morgan fingerprint density at radius 1 is 1.00 bits per heavy atom. The van der Waals surface area contributed by atoms with Gasteiger partial charge in [-0.05, 0) is 24.0 Å². The summed E-state index contributed by atoms with van der Waals surface area (Å²) in [6.45, 7) is 0.920. The minimum atomic E-state index is -0.135. The first kappa shape index (κ1) is 13.9. The fraction of sp³-hybridized carbons (Fsp3) is 0.368. The van der Waals surface area contributed by atoms with Crippen LogP contribution in [0.2, 0.25) is 0 Å². The van der Waals surface area contributed by atoms with Gasteiger partial charge in [-0.15, -0.1) is 0 Å². The van der Waals surface area contributed by atoms with E-state index >= 15 is 0 Å². The highest BCUT2D eigenvalue weighted by Crippen LogP contribution is 2.58. The predicted octanol–water partition coefficient (Wildman–Crippen LogP) is 3.32. The van der Waals surface area contributed by atoms with E-state index in [1.54, 1.807) is 0 Å². The summed E-state index contributed by atoms with van der Waals surface area (Å²) in [7, 11) is 0. The summed E-state index contributed by atoms with van der Waals surface area (Å²) in [6.07, 6.45) is 2.10. The van der Waals surface area contributed by atoms with Crippen molar-refractivity contribution in [2.24, 2.45) is 5.92 Å². The summed E-state index contributed by atoms with van der Waals surface area (Å²) in [6, 6.07) is 20.9. The lowest BCUT2D eigenvalue weighted by Crippen LogP contribution is -2.26. The second kappa shape index (κ2) is 5.51. The average Bonchev–Trinajstić information content (AvgIpc) is 3.26. The van der Waals surface area contributed by atoms with Gasteiger partial charge in [0.1, 0.15) is 0 Å². The van der Waals surface area contributed by atoms with Crippen LogP contribution in [0.3, 0.4) is 0 Å². The zero-order valence-corrected chi connectivity index (χ0v) is 12.6. The van der Waals surface area contributed by atoms with E-state index in [1.165, 1.54) is 11.1 Å². The van der Waals surface area contributed by atoms with Gasteiger partial charge in [-0.3, -0.25) is 4.84 Å². The summed E-state index contributed by atoms with van der Waals surface area (Å²) >= 11 is 0. The van der Waals surface area contributed by atoms with Gasteiger partial charge in [0, 0.05) is 12.5 Å². The Bertz CT molecular complexity index is 624. The fourth-order valence-electron chi connectivity index (χ4n) is 3.64. The molecule has 0 aromatic heterocycles. The predicted molar refractivity (Wildman–Crippen MR) is 84.8 cm³/mol. The molecule has 1 aliphatic heterocycles. The molecule has 0 amide bonds. The molecule has 3 nitrogen and oxygen atoms in total. The molecule has 2 aliphatic rings. The van der Waals surface area contributed by atoms with Crippen molar-refractivity contribution < 1.29 is 9.94 Å². The van der Waals surface area contributed by atoms with Crippen LogP contribution in [-0.2, 0) is 11.4 Å². The molecule has 22 heavy (non-hydrogen) atoms.